The Kier molecular flexibility index (Phi) is 2.55. The van der Waals surface area contributed by atoms with E-state index < -0.39 is 12.9 Å². The van der Waals surface area contributed by atoms with Gasteiger partial charge in [0.15, 0.2) is 0 Å². The first kappa shape index (κ1) is 6.59. The van der Waals surface area contributed by atoms with E-state index in [-0.39, 0.29) is 0 Å². The monoisotopic (exact) mass is 125 g/mol. The molecular formula is CH4NO4P. The molecule has 0 aromatic rings. The summed E-state index contributed by atoms with van der Waals surface area (Å²) in [5, 5.41) is 9.34. The Morgan fingerprint density at radius 1 is 1.86 bits per heavy atom. The molecule has 0 aromatic carbocycles. The number of hydrogen-bond donors (Lipinski definition) is 0. The van der Waals surface area contributed by atoms with Crippen LogP contribution in [0, 0.1) is 10.1 Å². The first-order valence-corrected chi connectivity index (χ1v) is 2.67. The summed E-state index contributed by atoms with van der Waals surface area (Å²) in [6.07, 6.45) is 0. The van der Waals surface area contributed by atoms with Gasteiger partial charge in [-0.2, -0.15) is 0 Å². The Bertz CT molecular complexity index is 99.9. The quantitative estimate of drug-likeness (QED) is 0.302. The minimum absolute atomic E-state index is 0.954. The van der Waals surface area contributed by atoms with Crippen LogP contribution in [0.3, 0.4) is 0 Å². The van der Waals surface area contributed by atoms with Gasteiger partial charge < -0.3 is 0 Å². The molecule has 6 heteroatoms. The van der Waals surface area contributed by atoms with E-state index in [0.29, 0.717) is 0 Å². The third-order valence-corrected chi connectivity index (χ3v) is 0.971. The van der Waals surface area contributed by atoms with Crippen LogP contribution in [-0.2, 0) is 9.09 Å². The van der Waals surface area contributed by atoms with Crippen LogP contribution in [0.4, 0.5) is 0 Å². The third kappa shape index (κ3) is 2.31. The Balaban J connectivity index is 3.58. The molecule has 0 aromatic heterocycles. The average Bonchev–Trinajstić information content (AvgIpc) is 1.65. The van der Waals surface area contributed by atoms with Gasteiger partial charge in [-0.3, -0.25) is 14.6 Å². The highest BCUT2D eigenvalue weighted by molar-refractivity contribution is 7.31. The summed E-state index contributed by atoms with van der Waals surface area (Å²) < 4.78 is 12.7. The Morgan fingerprint density at radius 3 is 2.29 bits per heavy atom. The molecule has 42 valence electrons. The smallest absolute Gasteiger partial charge is 0.281 e. The fourth-order valence-electron chi connectivity index (χ4n) is 0.0745. The summed E-state index contributed by atoms with van der Waals surface area (Å²) in [6.45, 7) is 0. The lowest BCUT2D eigenvalue weighted by molar-refractivity contribution is -0.318. The maximum absolute atomic E-state index is 9.78. The SMILES string of the molecule is CO[PH](=O)[N+](=O)[O-]. The van der Waals surface area contributed by atoms with E-state index in [2.05, 4.69) is 4.52 Å². The second kappa shape index (κ2) is 2.71. The summed E-state index contributed by atoms with van der Waals surface area (Å²) in [5.74, 6) is 0. The van der Waals surface area contributed by atoms with Crippen molar-refractivity contribution in [2.45, 2.75) is 0 Å². The van der Waals surface area contributed by atoms with Gasteiger partial charge in [0.2, 0.25) is 0 Å². The highest BCUT2D eigenvalue weighted by atomic mass is 31.1. The van der Waals surface area contributed by atoms with Gasteiger partial charge in [0, 0.05) is 7.11 Å². The highest BCUT2D eigenvalue weighted by Crippen LogP contribution is 2.18. The molecular weight excluding hydrogens is 121 g/mol. The van der Waals surface area contributed by atoms with E-state index in [1.807, 2.05) is 0 Å². The van der Waals surface area contributed by atoms with E-state index >= 15 is 0 Å². The van der Waals surface area contributed by atoms with E-state index in [1.165, 1.54) is 0 Å². The molecule has 0 fully saturated rings. The van der Waals surface area contributed by atoms with Gasteiger partial charge in [0.25, 0.3) is 0 Å². The molecule has 0 aliphatic heterocycles. The molecule has 1 atom stereocenters. The molecule has 0 heterocycles. The normalized spacial score (nSPS) is 13.3. The minimum Gasteiger partial charge on any atom is -0.281 e. The molecule has 0 saturated carbocycles. The molecule has 0 aliphatic carbocycles. The lowest BCUT2D eigenvalue weighted by Gasteiger charge is -1.83. The van der Waals surface area contributed by atoms with Crippen LogP contribution < -0.4 is 0 Å². The minimum atomic E-state index is -2.97. The predicted octanol–water partition coefficient (Wildman–Crippen LogP) is 0.299. The highest BCUT2D eigenvalue weighted by Gasteiger charge is 2.04. The number of rotatable bonds is 2. The van der Waals surface area contributed by atoms with E-state index in [0.717, 1.165) is 7.11 Å². The van der Waals surface area contributed by atoms with E-state index in [1.54, 1.807) is 0 Å². The summed E-state index contributed by atoms with van der Waals surface area (Å²) in [7, 11) is -1.94. The summed E-state index contributed by atoms with van der Waals surface area (Å²) in [4.78, 5) is 9.34. The zero-order valence-electron chi connectivity index (χ0n) is 3.58. The second-order valence-corrected chi connectivity index (χ2v) is 2.03. The van der Waals surface area contributed by atoms with Crippen molar-refractivity contribution < 1.29 is 13.8 Å². The lowest BCUT2D eigenvalue weighted by atomic mass is 11.8. The molecule has 0 aliphatic rings. The Hall–Kier alpha value is -0.410. The van der Waals surface area contributed by atoms with Crippen LogP contribution >= 0.6 is 8.18 Å². The summed E-state index contributed by atoms with van der Waals surface area (Å²) >= 11 is 0. The zero-order valence-corrected chi connectivity index (χ0v) is 4.58. The molecule has 0 rings (SSSR count). The van der Waals surface area contributed by atoms with Gasteiger partial charge in [0.1, 0.15) is 0 Å². The lowest BCUT2D eigenvalue weighted by Crippen LogP contribution is -1.82. The summed E-state index contributed by atoms with van der Waals surface area (Å²) in [6, 6.07) is 0. The average molecular weight is 125 g/mol. The Morgan fingerprint density at radius 2 is 2.29 bits per heavy atom. The Labute approximate surface area is 40.4 Å². The number of hydrogen-bond acceptors (Lipinski definition) is 4. The van der Waals surface area contributed by atoms with Crippen molar-refractivity contribution in [3.05, 3.63) is 10.1 Å². The molecule has 0 saturated heterocycles. The first-order chi connectivity index (χ1) is 3.18. The fraction of sp³-hybridized carbons (Fsp3) is 1.00. The van der Waals surface area contributed by atoms with Gasteiger partial charge >= 0.3 is 8.18 Å². The van der Waals surface area contributed by atoms with E-state index in [9.17, 15) is 14.7 Å². The molecule has 0 spiro atoms. The van der Waals surface area contributed by atoms with Crippen LogP contribution in [0.25, 0.3) is 0 Å². The van der Waals surface area contributed by atoms with Crippen molar-refractivity contribution in [3.8, 4) is 0 Å². The van der Waals surface area contributed by atoms with Gasteiger partial charge in [-0.1, -0.05) is 0 Å². The third-order valence-electron chi connectivity index (χ3n) is 0.324. The largest absolute Gasteiger partial charge is 0.497 e. The van der Waals surface area contributed by atoms with Crippen molar-refractivity contribution in [1.82, 2.24) is 0 Å². The molecule has 7 heavy (non-hydrogen) atoms. The zero-order chi connectivity index (χ0) is 5.86. The van der Waals surface area contributed by atoms with Crippen molar-refractivity contribution >= 4 is 8.18 Å². The molecule has 5 nitrogen and oxygen atoms in total. The van der Waals surface area contributed by atoms with Crippen LogP contribution in [0.5, 0.6) is 0 Å². The van der Waals surface area contributed by atoms with Crippen LogP contribution in [0.2, 0.25) is 0 Å². The van der Waals surface area contributed by atoms with Crippen LogP contribution in [0.1, 0.15) is 0 Å². The van der Waals surface area contributed by atoms with Crippen molar-refractivity contribution in [2.75, 3.05) is 7.11 Å². The van der Waals surface area contributed by atoms with Crippen molar-refractivity contribution in [3.63, 3.8) is 0 Å². The topological polar surface area (TPSA) is 69.4 Å². The van der Waals surface area contributed by atoms with Gasteiger partial charge in [0.05, 0.1) is 4.69 Å². The number of nitro groups is 1. The van der Waals surface area contributed by atoms with Crippen LogP contribution in [-0.4, -0.2) is 11.8 Å². The second-order valence-electron chi connectivity index (χ2n) is 0.727. The van der Waals surface area contributed by atoms with Crippen molar-refractivity contribution in [1.29, 1.82) is 0 Å². The van der Waals surface area contributed by atoms with Crippen LogP contribution in [0.15, 0.2) is 0 Å². The van der Waals surface area contributed by atoms with Crippen molar-refractivity contribution in [2.24, 2.45) is 0 Å². The molecule has 0 radical (unpaired) electrons. The van der Waals surface area contributed by atoms with E-state index in [4.69, 9.17) is 0 Å². The maximum Gasteiger partial charge on any atom is 0.497 e. The molecule has 1 unspecified atom stereocenters. The molecule has 0 amide bonds. The predicted molar refractivity (Wildman–Crippen MR) is 23.0 cm³/mol. The standard InChI is InChI=1S/CH4NO4P/c1-6-7(5)2(3)4/h7H,1H3. The number of nitrogens with zero attached hydrogens (tertiary/aromatic N) is 1. The van der Waals surface area contributed by atoms with Gasteiger partial charge in [-0.05, 0) is 0 Å². The summed E-state index contributed by atoms with van der Waals surface area (Å²) in [5.41, 5.74) is 0. The molecule has 0 bridgehead atoms. The maximum atomic E-state index is 9.78. The first-order valence-electron chi connectivity index (χ1n) is 1.41. The molecule has 0 N–H and O–H groups in total. The van der Waals surface area contributed by atoms with Gasteiger partial charge in [-0.15, -0.1) is 0 Å². The fourth-order valence-corrected chi connectivity index (χ4v) is 0.224. The van der Waals surface area contributed by atoms with Gasteiger partial charge in [-0.25, -0.2) is 4.57 Å².